The molecule has 0 saturated carbocycles. The Bertz CT molecular complexity index is 866. The molecule has 0 fully saturated rings. The van der Waals surface area contributed by atoms with E-state index in [1.807, 2.05) is 0 Å². The SMILES string of the molecule is NC(=O)[C@@H](Cc1ccc([N+](=O)[O-])cc1)NC(=O)c1cccc(C(F)(F)F)c1. The van der Waals surface area contributed by atoms with E-state index in [1.165, 1.54) is 30.3 Å². The van der Waals surface area contributed by atoms with E-state index in [0.29, 0.717) is 11.6 Å². The zero-order valence-corrected chi connectivity index (χ0v) is 13.7. The molecule has 0 aromatic heterocycles. The van der Waals surface area contributed by atoms with Gasteiger partial charge in [0.05, 0.1) is 10.5 Å². The normalized spacial score (nSPS) is 12.3. The van der Waals surface area contributed by atoms with Crippen LogP contribution in [0.1, 0.15) is 21.5 Å². The van der Waals surface area contributed by atoms with Crippen molar-refractivity contribution in [3.8, 4) is 0 Å². The number of benzene rings is 2. The Morgan fingerprint density at radius 2 is 1.78 bits per heavy atom. The van der Waals surface area contributed by atoms with E-state index in [1.54, 1.807) is 0 Å². The monoisotopic (exact) mass is 381 g/mol. The first-order chi connectivity index (χ1) is 12.6. The highest BCUT2D eigenvalue weighted by atomic mass is 19.4. The molecule has 0 aliphatic rings. The van der Waals surface area contributed by atoms with Gasteiger partial charge in [-0.25, -0.2) is 0 Å². The van der Waals surface area contributed by atoms with Crippen LogP contribution < -0.4 is 11.1 Å². The maximum atomic E-state index is 12.7. The second-order valence-electron chi connectivity index (χ2n) is 5.63. The molecule has 2 rings (SSSR count). The summed E-state index contributed by atoms with van der Waals surface area (Å²) in [6.45, 7) is 0. The van der Waals surface area contributed by atoms with Crippen LogP contribution in [0.15, 0.2) is 48.5 Å². The smallest absolute Gasteiger partial charge is 0.368 e. The van der Waals surface area contributed by atoms with Crippen LogP contribution in [0.2, 0.25) is 0 Å². The van der Waals surface area contributed by atoms with Crippen LogP contribution in [-0.4, -0.2) is 22.8 Å². The molecule has 0 aliphatic heterocycles. The predicted octanol–water partition coefficient (Wildman–Crippen LogP) is 2.44. The van der Waals surface area contributed by atoms with Crippen molar-refractivity contribution in [3.05, 3.63) is 75.3 Å². The summed E-state index contributed by atoms with van der Waals surface area (Å²) >= 11 is 0. The fraction of sp³-hybridized carbons (Fsp3) is 0.176. The third-order valence-electron chi connectivity index (χ3n) is 3.69. The number of amides is 2. The molecule has 3 N–H and O–H groups in total. The molecule has 0 unspecified atom stereocenters. The molecule has 142 valence electrons. The lowest BCUT2D eigenvalue weighted by molar-refractivity contribution is -0.384. The molecular formula is C17H14F3N3O4. The van der Waals surface area contributed by atoms with Gasteiger partial charge in [0.25, 0.3) is 11.6 Å². The topological polar surface area (TPSA) is 115 Å². The predicted molar refractivity (Wildman–Crippen MR) is 88.7 cm³/mol. The number of non-ortho nitro benzene ring substituents is 1. The minimum atomic E-state index is -4.61. The molecular weight excluding hydrogens is 367 g/mol. The van der Waals surface area contributed by atoms with Crippen molar-refractivity contribution < 1.29 is 27.7 Å². The molecule has 2 amide bonds. The number of nitrogens with one attached hydrogen (secondary N) is 1. The second-order valence-corrected chi connectivity index (χ2v) is 5.63. The number of nitrogens with two attached hydrogens (primary N) is 1. The van der Waals surface area contributed by atoms with Crippen molar-refractivity contribution in [2.75, 3.05) is 0 Å². The molecule has 2 aromatic carbocycles. The third kappa shape index (κ3) is 5.27. The van der Waals surface area contributed by atoms with Gasteiger partial charge in [-0.05, 0) is 23.8 Å². The largest absolute Gasteiger partial charge is 0.416 e. The molecule has 10 heteroatoms. The minimum absolute atomic E-state index is 0.0714. The first-order valence-electron chi connectivity index (χ1n) is 7.58. The zero-order chi connectivity index (χ0) is 20.2. The van der Waals surface area contributed by atoms with Crippen LogP contribution in [0, 0.1) is 10.1 Å². The minimum Gasteiger partial charge on any atom is -0.368 e. The van der Waals surface area contributed by atoms with Gasteiger partial charge in [0.1, 0.15) is 6.04 Å². The number of hydrogen-bond acceptors (Lipinski definition) is 4. The number of nitro benzene ring substituents is 1. The molecule has 0 spiro atoms. The highest BCUT2D eigenvalue weighted by Crippen LogP contribution is 2.29. The van der Waals surface area contributed by atoms with E-state index in [9.17, 15) is 32.9 Å². The Labute approximate surface area is 151 Å². The van der Waals surface area contributed by atoms with E-state index < -0.39 is 34.5 Å². The van der Waals surface area contributed by atoms with Gasteiger partial charge in [-0.1, -0.05) is 18.2 Å². The average molecular weight is 381 g/mol. The van der Waals surface area contributed by atoms with Gasteiger partial charge in [0, 0.05) is 24.1 Å². The van der Waals surface area contributed by atoms with Gasteiger partial charge in [0.2, 0.25) is 5.91 Å². The van der Waals surface area contributed by atoms with Gasteiger partial charge < -0.3 is 11.1 Å². The second kappa shape index (κ2) is 7.85. The van der Waals surface area contributed by atoms with Crippen molar-refractivity contribution in [2.45, 2.75) is 18.6 Å². The maximum absolute atomic E-state index is 12.7. The van der Waals surface area contributed by atoms with E-state index in [-0.39, 0.29) is 17.7 Å². The number of rotatable bonds is 6. The van der Waals surface area contributed by atoms with Gasteiger partial charge in [-0.15, -0.1) is 0 Å². The Balaban J connectivity index is 2.15. The summed E-state index contributed by atoms with van der Waals surface area (Å²) in [5.41, 5.74) is 4.30. The van der Waals surface area contributed by atoms with Crippen LogP contribution in [-0.2, 0) is 17.4 Å². The van der Waals surface area contributed by atoms with E-state index in [0.717, 1.165) is 12.1 Å². The van der Waals surface area contributed by atoms with Gasteiger partial charge >= 0.3 is 6.18 Å². The highest BCUT2D eigenvalue weighted by Gasteiger charge is 2.31. The quantitative estimate of drug-likeness (QED) is 0.591. The molecule has 0 bridgehead atoms. The Hall–Kier alpha value is -3.43. The molecule has 0 saturated heterocycles. The molecule has 27 heavy (non-hydrogen) atoms. The number of nitro groups is 1. The van der Waals surface area contributed by atoms with Crippen LogP contribution in [0.4, 0.5) is 18.9 Å². The van der Waals surface area contributed by atoms with Crippen LogP contribution in [0.25, 0.3) is 0 Å². The Kier molecular flexibility index (Phi) is 5.78. The summed E-state index contributed by atoms with van der Waals surface area (Å²) in [6, 6.07) is 7.77. The van der Waals surface area contributed by atoms with Crippen molar-refractivity contribution >= 4 is 17.5 Å². The fourth-order valence-electron chi connectivity index (χ4n) is 2.29. The number of carbonyl (C=O) groups is 2. The summed E-state index contributed by atoms with van der Waals surface area (Å²) in [5.74, 6) is -1.79. The number of nitrogens with zero attached hydrogens (tertiary/aromatic N) is 1. The molecule has 0 aliphatic carbocycles. The summed E-state index contributed by atoms with van der Waals surface area (Å²) in [5, 5.41) is 12.9. The van der Waals surface area contributed by atoms with Crippen LogP contribution in [0.5, 0.6) is 0 Å². The first kappa shape index (κ1) is 19.9. The third-order valence-corrected chi connectivity index (χ3v) is 3.69. The van der Waals surface area contributed by atoms with Gasteiger partial charge in [-0.3, -0.25) is 19.7 Å². The van der Waals surface area contributed by atoms with E-state index in [2.05, 4.69) is 5.32 Å². The lowest BCUT2D eigenvalue weighted by Crippen LogP contribution is -2.45. The standard InChI is InChI=1S/C17H14F3N3O4/c18-17(19,20)12-3-1-2-11(9-12)16(25)22-14(15(21)24)8-10-4-6-13(7-5-10)23(26)27/h1-7,9,14H,8H2,(H2,21,24)(H,22,25)/t14-/m1/s1. The van der Waals surface area contributed by atoms with E-state index >= 15 is 0 Å². The fourth-order valence-corrected chi connectivity index (χ4v) is 2.29. The zero-order valence-electron chi connectivity index (χ0n) is 13.7. The number of hydrogen-bond donors (Lipinski definition) is 2. The van der Waals surface area contributed by atoms with Crippen molar-refractivity contribution in [3.63, 3.8) is 0 Å². The lowest BCUT2D eigenvalue weighted by Gasteiger charge is -2.16. The number of alkyl halides is 3. The first-order valence-corrected chi connectivity index (χ1v) is 7.58. The Morgan fingerprint density at radius 1 is 1.15 bits per heavy atom. The van der Waals surface area contributed by atoms with Gasteiger partial charge in [0.15, 0.2) is 0 Å². The molecule has 2 aromatic rings. The van der Waals surface area contributed by atoms with Gasteiger partial charge in [-0.2, -0.15) is 13.2 Å². The average Bonchev–Trinajstić information content (AvgIpc) is 2.60. The number of halogens is 3. The lowest BCUT2D eigenvalue weighted by atomic mass is 10.0. The van der Waals surface area contributed by atoms with Crippen molar-refractivity contribution in [1.29, 1.82) is 0 Å². The van der Waals surface area contributed by atoms with Crippen LogP contribution >= 0.6 is 0 Å². The molecule has 0 heterocycles. The Morgan fingerprint density at radius 3 is 2.30 bits per heavy atom. The number of carbonyl (C=O) groups excluding carboxylic acids is 2. The summed E-state index contributed by atoms with van der Waals surface area (Å²) < 4.78 is 38.2. The summed E-state index contributed by atoms with van der Waals surface area (Å²) in [6.07, 6.45) is -4.68. The van der Waals surface area contributed by atoms with E-state index in [4.69, 9.17) is 5.73 Å². The molecule has 1 atom stereocenters. The maximum Gasteiger partial charge on any atom is 0.416 e. The van der Waals surface area contributed by atoms with Crippen LogP contribution in [0.3, 0.4) is 0 Å². The summed E-state index contributed by atoms with van der Waals surface area (Å²) in [7, 11) is 0. The highest BCUT2D eigenvalue weighted by molar-refractivity contribution is 5.97. The molecule has 0 radical (unpaired) electrons. The number of primary amides is 1. The van der Waals surface area contributed by atoms with Crippen molar-refractivity contribution in [2.24, 2.45) is 5.73 Å². The summed E-state index contributed by atoms with van der Waals surface area (Å²) in [4.78, 5) is 33.8. The van der Waals surface area contributed by atoms with Crippen molar-refractivity contribution in [1.82, 2.24) is 5.32 Å². The molecule has 7 nitrogen and oxygen atoms in total.